The third kappa shape index (κ3) is 2.58. The van der Waals surface area contributed by atoms with Crippen LogP contribution in [0.2, 0.25) is 0 Å². The van der Waals surface area contributed by atoms with E-state index in [0.717, 1.165) is 5.75 Å². The molecular formula is C17H22NO+. The summed E-state index contributed by atoms with van der Waals surface area (Å²) in [6.45, 7) is 4.43. The van der Waals surface area contributed by atoms with Crippen molar-refractivity contribution in [3.05, 3.63) is 36.5 Å². The van der Waals surface area contributed by atoms with Gasteiger partial charge in [-0.15, -0.1) is 0 Å². The van der Waals surface area contributed by atoms with Crippen molar-refractivity contribution >= 4 is 10.9 Å². The smallest absolute Gasteiger partial charge is 0.212 e. The highest BCUT2D eigenvalue weighted by Gasteiger charge is 2.20. The highest BCUT2D eigenvalue weighted by Crippen LogP contribution is 2.25. The van der Waals surface area contributed by atoms with Crippen molar-refractivity contribution < 1.29 is 9.30 Å². The molecule has 100 valence electrons. The van der Waals surface area contributed by atoms with Crippen LogP contribution in [0.1, 0.15) is 45.6 Å². The van der Waals surface area contributed by atoms with Crippen LogP contribution >= 0.6 is 0 Å². The zero-order valence-corrected chi connectivity index (χ0v) is 11.8. The average molecular weight is 256 g/mol. The van der Waals surface area contributed by atoms with E-state index in [1.54, 1.807) is 0 Å². The van der Waals surface area contributed by atoms with Crippen molar-refractivity contribution in [1.82, 2.24) is 0 Å². The number of hydrogen-bond acceptors (Lipinski definition) is 1. The van der Waals surface area contributed by atoms with Crippen LogP contribution in [-0.4, -0.2) is 6.10 Å². The van der Waals surface area contributed by atoms with E-state index in [1.807, 2.05) is 0 Å². The molecular weight excluding hydrogens is 234 g/mol. The molecule has 2 nitrogen and oxygen atoms in total. The Balaban J connectivity index is 2.00. The van der Waals surface area contributed by atoms with Gasteiger partial charge in [-0.2, -0.15) is 4.57 Å². The van der Waals surface area contributed by atoms with Crippen molar-refractivity contribution in [3.63, 3.8) is 0 Å². The van der Waals surface area contributed by atoms with E-state index < -0.39 is 0 Å². The van der Waals surface area contributed by atoms with Gasteiger partial charge in [0, 0.05) is 12.1 Å². The SMILES string of the molecule is CC(C)[n+]1cc(OC2CCCC2)cc2ccccc21. The van der Waals surface area contributed by atoms with Gasteiger partial charge >= 0.3 is 0 Å². The number of nitrogens with zero attached hydrogens (tertiary/aromatic N) is 1. The normalized spacial score (nSPS) is 16.4. The fraction of sp³-hybridized carbons (Fsp3) is 0.471. The summed E-state index contributed by atoms with van der Waals surface area (Å²) in [5, 5.41) is 1.26. The molecule has 3 rings (SSSR count). The topological polar surface area (TPSA) is 13.1 Å². The second kappa shape index (κ2) is 5.20. The van der Waals surface area contributed by atoms with Crippen molar-refractivity contribution in [1.29, 1.82) is 0 Å². The summed E-state index contributed by atoms with van der Waals surface area (Å²) in [7, 11) is 0. The third-order valence-corrected chi connectivity index (χ3v) is 3.94. The Morgan fingerprint density at radius 1 is 1.16 bits per heavy atom. The molecule has 1 aliphatic rings. The van der Waals surface area contributed by atoms with E-state index in [0.29, 0.717) is 12.1 Å². The second-order valence-electron chi connectivity index (χ2n) is 5.76. The van der Waals surface area contributed by atoms with Gasteiger partial charge in [0.1, 0.15) is 0 Å². The molecule has 1 aliphatic carbocycles. The summed E-state index contributed by atoms with van der Waals surface area (Å²) < 4.78 is 8.46. The number of ether oxygens (including phenoxy) is 1. The lowest BCUT2D eigenvalue weighted by atomic mass is 10.2. The fourth-order valence-corrected chi connectivity index (χ4v) is 2.93. The van der Waals surface area contributed by atoms with E-state index >= 15 is 0 Å². The summed E-state index contributed by atoms with van der Waals surface area (Å²) in [6.07, 6.45) is 7.60. The lowest BCUT2D eigenvalue weighted by Crippen LogP contribution is -2.37. The molecule has 2 aromatic rings. The molecule has 0 aliphatic heterocycles. The summed E-state index contributed by atoms with van der Waals surface area (Å²) in [5.41, 5.74) is 1.27. The molecule has 0 bridgehead atoms. The van der Waals surface area contributed by atoms with Crippen LogP contribution in [0.15, 0.2) is 36.5 Å². The first-order valence-corrected chi connectivity index (χ1v) is 7.34. The van der Waals surface area contributed by atoms with Gasteiger partial charge in [0.05, 0.1) is 11.5 Å². The molecule has 0 radical (unpaired) electrons. The molecule has 1 saturated carbocycles. The standard InChI is InChI=1S/C17H22NO/c1-13(2)18-12-16(19-15-8-4-5-9-15)11-14-7-3-6-10-17(14)18/h3,6-7,10-13,15H,4-5,8-9H2,1-2H3/q+1. The minimum atomic E-state index is 0.418. The molecule has 1 fully saturated rings. The monoisotopic (exact) mass is 256 g/mol. The van der Waals surface area contributed by atoms with Gasteiger partial charge in [0.25, 0.3) is 0 Å². The number of benzene rings is 1. The molecule has 0 amide bonds. The number of para-hydroxylation sites is 1. The quantitative estimate of drug-likeness (QED) is 0.756. The van der Waals surface area contributed by atoms with Crippen LogP contribution in [0.4, 0.5) is 0 Å². The van der Waals surface area contributed by atoms with Gasteiger partial charge in [-0.05, 0) is 45.6 Å². The Hall–Kier alpha value is -1.57. The van der Waals surface area contributed by atoms with Crippen LogP contribution in [-0.2, 0) is 0 Å². The van der Waals surface area contributed by atoms with E-state index in [9.17, 15) is 0 Å². The van der Waals surface area contributed by atoms with Crippen molar-refractivity contribution in [2.75, 3.05) is 0 Å². The molecule has 0 unspecified atom stereocenters. The maximum absolute atomic E-state index is 6.15. The summed E-state index contributed by atoms with van der Waals surface area (Å²) in [5.74, 6) is 1.01. The average Bonchev–Trinajstić information content (AvgIpc) is 2.90. The van der Waals surface area contributed by atoms with Gasteiger partial charge < -0.3 is 4.74 Å². The largest absolute Gasteiger partial charge is 0.484 e. The Morgan fingerprint density at radius 2 is 1.89 bits per heavy atom. The second-order valence-corrected chi connectivity index (χ2v) is 5.76. The predicted octanol–water partition coefficient (Wildman–Crippen LogP) is 4.03. The van der Waals surface area contributed by atoms with Gasteiger partial charge in [0.15, 0.2) is 11.8 Å². The molecule has 19 heavy (non-hydrogen) atoms. The van der Waals surface area contributed by atoms with Crippen LogP contribution in [0.3, 0.4) is 0 Å². The zero-order valence-electron chi connectivity index (χ0n) is 11.8. The van der Waals surface area contributed by atoms with Crippen LogP contribution in [0.25, 0.3) is 10.9 Å². The van der Waals surface area contributed by atoms with E-state index in [1.165, 1.54) is 36.6 Å². The highest BCUT2D eigenvalue weighted by atomic mass is 16.5. The predicted molar refractivity (Wildman–Crippen MR) is 77.4 cm³/mol. The first-order chi connectivity index (χ1) is 9.24. The Labute approximate surface area is 115 Å². The van der Waals surface area contributed by atoms with Gasteiger partial charge in [-0.25, -0.2) is 0 Å². The minimum Gasteiger partial charge on any atom is -0.484 e. The Kier molecular flexibility index (Phi) is 3.41. The molecule has 0 saturated heterocycles. The highest BCUT2D eigenvalue weighted by molar-refractivity contribution is 5.76. The van der Waals surface area contributed by atoms with Crippen molar-refractivity contribution in [3.8, 4) is 5.75 Å². The molecule has 0 N–H and O–H groups in total. The van der Waals surface area contributed by atoms with E-state index in [-0.39, 0.29) is 0 Å². The lowest BCUT2D eigenvalue weighted by Gasteiger charge is -2.13. The number of hydrogen-bond donors (Lipinski definition) is 0. The van der Waals surface area contributed by atoms with Crippen LogP contribution in [0.5, 0.6) is 5.75 Å². The number of aromatic nitrogens is 1. The molecule has 1 heterocycles. The van der Waals surface area contributed by atoms with Crippen molar-refractivity contribution in [2.24, 2.45) is 0 Å². The summed E-state index contributed by atoms with van der Waals surface area (Å²) in [6, 6.07) is 11.1. The minimum absolute atomic E-state index is 0.418. The maximum Gasteiger partial charge on any atom is 0.212 e. The first kappa shape index (κ1) is 12.5. The van der Waals surface area contributed by atoms with E-state index in [2.05, 4.69) is 54.9 Å². The zero-order chi connectivity index (χ0) is 13.2. The molecule has 1 aromatic carbocycles. The molecule has 1 aromatic heterocycles. The molecule has 2 heteroatoms. The fourth-order valence-electron chi connectivity index (χ4n) is 2.93. The Bertz CT molecular complexity index is 570. The molecule has 0 atom stereocenters. The Morgan fingerprint density at radius 3 is 2.63 bits per heavy atom. The third-order valence-electron chi connectivity index (χ3n) is 3.94. The van der Waals surface area contributed by atoms with Crippen LogP contribution < -0.4 is 9.30 Å². The van der Waals surface area contributed by atoms with Gasteiger partial charge in [0.2, 0.25) is 11.7 Å². The van der Waals surface area contributed by atoms with Crippen LogP contribution in [0, 0.1) is 0 Å². The number of fused-ring (bicyclic) bond motifs is 1. The lowest BCUT2D eigenvalue weighted by molar-refractivity contribution is -0.691. The van der Waals surface area contributed by atoms with Crippen molar-refractivity contribution in [2.45, 2.75) is 51.7 Å². The number of rotatable bonds is 3. The van der Waals surface area contributed by atoms with Gasteiger partial charge in [-0.1, -0.05) is 12.1 Å². The summed E-state index contributed by atoms with van der Waals surface area (Å²) in [4.78, 5) is 0. The molecule has 0 spiro atoms. The number of pyridine rings is 1. The van der Waals surface area contributed by atoms with E-state index in [4.69, 9.17) is 4.74 Å². The summed E-state index contributed by atoms with van der Waals surface area (Å²) >= 11 is 0. The first-order valence-electron chi connectivity index (χ1n) is 7.34. The van der Waals surface area contributed by atoms with Gasteiger partial charge in [-0.3, -0.25) is 0 Å². The maximum atomic E-state index is 6.15.